The molecule has 2 aromatic carbocycles. The molecule has 1 amide bonds. The van der Waals surface area contributed by atoms with Crippen molar-refractivity contribution in [1.29, 1.82) is 0 Å². The van der Waals surface area contributed by atoms with Gasteiger partial charge in [0.2, 0.25) is 0 Å². The number of nitrogens with one attached hydrogen (secondary N) is 2. The lowest BCUT2D eigenvalue weighted by molar-refractivity contribution is 0.0951. The lowest BCUT2D eigenvalue weighted by Gasteiger charge is -2.08. The first kappa shape index (κ1) is 16.9. The molecule has 0 saturated carbocycles. The molecule has 0 atom stereocenters. The fourth-order valence-electron chi connectivity index (χ4n) is 3.00. The van der Waals surface area contributed by atoms with Crippen LogP contribution in [0.25, 0.3) is 10.9 Å². The van der Waals surface area contributed by atoms with Crippen molar-refractivity contribution in [2.45, 2.75) is 20.3 Å². The minimum atomic E-state index is -0.272. The third-order valence-corrected chi connectivity index (χ3v) is 4.36. The number of carbonyl (C=O) groups is 1. The van der Waals surface area contributed by atoms with Crippen molar-refractivity contribution < 1.29 is 14.6 Å². The normalized spacial score (nSPS) is 10.8. The van der Waals surface area contributed by atoms with Gasteiger partial charge in [-0.05, 0) is 61.2 Å². The van der Waals surface area contributed by atoms with Crippen molar-refractivity contribution >= 4 is 16.8 Å². The van der Waals surface area contributed by atoms with E-state index in [-0.39, 0.29) is 11.7 Å². The number of hydrogen-bond acceptors (Lipinski definition) is 3. The van der Waals surface area contributed by atoms with E-state index in [1.165, 1.54) is 0 Å². The van der Waals surface area contributed by atoms with Crippen LogP contribution in [0.15, 0.2) is 36.5 Å². The molecule has 3 N–H and O–H groups in total. The van der Waals surface area contributed by atoms with Crippen LogP contribution < -0.4 is 10.1 Å². The van der Waals surface area contributed by atoms with E-state index in [1.807, 2.05) is 38.2 Å². The van der Waals surface area contributed by atoms with Gasteiger partial charge >= 0.3 is 0 Å². The number of fused-ring (bicyclic) bond motifs is 1. The molecule has 0 aliphatic carbocycles. The topological polar surface area (TPSA) is 74.3 Å². The van der Waals surface area contributed by atoms with Gasteiger partial charge in [-0.15, -0.1) is 0 Å². The Kier molecular flexibility index (Phi) is 4.65. The first-order valence-electron chi connectivity index (χ1n) is 8.22. The summed E-state index contributed by atoms with van der Waals surface area (Å²) in [6.07, 6.45) is 2.65. The van der Waals surface area contributed by atoms with E-state index < -0.39 is 0 Å². The van der Waals surface area contributed by atoms with Crippen molar-refractivity contribution in [3.63, 3.8) is 0 Å². The average molecular weight is 338 g/mol. The average Bonchev–Trinajstić information content (AvgIpc) is 2.98. The molecule has 5 heteroatoms. The third-order valence-electron chi connectivity index (χ3n) is 4.36. The van der Waals surface area contributed by atoms with Gasteiger partial charge in [-0.25, -0.2) is 0 Å². The quantitative estimate of drug-likeness (QED) is 0.667. The number of hydrogen-bond donors (Lipinski definition) is 3. The van der Waals surface area contributed by atoms with Crippen LogP contribution in [-0.2, 0) is 6.42 Å². The fourth-order valence-corrected chi connectivity index (χ4v) is 3.00. The maximum atomic E-state index is 12.2. The lowest BCUT2D eigenvalue weighted by Crippen LogP contribution is -2.25. The standard InChI is InChI=1S/C20H22N2O3/c1-12-4-5-16(18(23)8-12)20(24)21-7-6-14-11-22-19-13(2)9-15(25-3)10-17(14)19/h4-5,8-11,22-23H,6-7H2,1-3H3,(H,21,24). The summed E-state index contributed by atoms with van der Waals surface area (Å²) in [6.45, 7) is 4.39. The monoisotopic (exact) mass is 338 g/mol. The maximum absolute atomic E-state index is 12.2. The predicted molar refractivity (Wildman–Crippen MR) is 98.5 cm³/mol. The minimum absolute atomic E-state index is 0.00459. The van der Waals surface area contributed by atoms with Gasteiger partial charge in [-0.3, -0.25) is 4.79 Å². The summed E-state index contributed by atoms with van der Waals surface area (Å²) in [5, 5.41) is 13.9. The summed E-state index contributed by atoms with van der Waals surface area (Å²) in [5.74, 6) is 0.551. The summed E-state index contributed by atoms with van der Waals surface area (Å²) in [4.78, 5) is 15.5. The number of aryl methyl sites for hydroxylation is 2. The lowest BCUT2D eigenvalue weighted by atomic mass is 10.1. The second kappa shape index (κ2) is 6.89. The van der Waals surface area contributed by atoms with Crippen LogP contribution in [0.5, 0.6) is 11.5 Å². The number of phenols is 1. The highest BCUT2D eigenvalue weighted by Crippen LogP contribution is 2.27. The number of phenolic OH excluding ortho intramolecular Hbond substituents is 1. The third kappa shape index (κ3) is 3.45. The van der Waals surface area contributed by atoms with E-state index >= 15 is 0 Å². The van der Waals surface area contributed by atoms with Crippen molar-refractivity contribution in [2.24, 2.45) is 0 Å². The molecule has 3 rings (SSSR count). The number of carbonyl (C=O) groups excluding carboxylic acids is 1. The Morgan fingerprint density at radius 2 is 2.04 bits per heavy atom. The molecule has 0 aliphatic heterocycles. The zero-order chi connectivity index (χ0) is 18.0. The molecule has 5 nitrogen and oxygen atoms in total. The molecule has 0 bridgehead atoms. The zero-order valence-electron chi connectivity index (χ0n) is 14.6. The summed E-state index contributed by atoms with van der Waals surface area (Å²) < 4.78 is 5.34. The second-order valence-corrected chi connectivity index (χ2v) is 6.21. The van der Waals surface area contributed by atoms with Crippen LogP contribution >= 0.6 is 0 Å². The summed E-state index contributed by atoms with van der Waals surface area (Å²) in [6, 6.07) is 9.03. The molecule has 130 valence electrons. The minimum Gasteiger partial charge on any atom is -0.507 e. The highest BCUT2D eigenvalue weighted by atomic mass is 16.5. The van der Waals surface area contributed by atoms with Crippen LogP contribution in [0.4, 0.5) is 0 Å². The molecular formula is C20H22N2O3. The van der Waals surface area contributed by atoms with E-state index in [0.717, 1.165) is 33.3 Å². The fraction of sp³-hybridized carbons (Fsp3) is 0.250. The highest BCUT2D eigenvalue weighted by molar-refractivity contribution is 5.97. The molecule has 25 heavy (non-hydrogen) atoms. The number of amides is 1. The zero-order valence-corrected chi connectivity index (χ0v) is 14.6. The van der Waals surface area contributed by atoms with Gasteiger partial charge < -0.3 is 20.1 Å². The van der Waals surface area contributed by atoms with E-state index in [2.05, 4.69) is 10.3 Å². The van der Waals surface area contributed by atoms with Crippen molar-refractivity contribution in [1.82, 2.24) is 10.3 Å². The molecule has 0 aliphatic rings. The Hall–Kier alpha value is -2.95. The number of aromatic hydroxyl groups is 1. The smallest absolute Gasteiger partial charge is 0.255 e. The van der Waals surface area contributed by atoms with Gasteiger partial charge in [-0.1, -0.05) is 6.07 Å². The van der Waals surface area contributed by atoms with E-state index in [0.29, 0.717) is 18.5 Å². The Labute approximate surface area is 146 Å². The van der Waals surface area contributed by atoms with Gasteiger partial charge in [0.05, 0.1) is 12.7 Å². The first-order chi connectivity index (χ1) is 12.0. The summed E-state index contributed by atoms with van der Waals surface area (Å²) >= 11 is 0. The molecule has 0 unspecified atom stereocenters. The molecule has 0 saturated heterocycles. The van der Waals surface area contributed by atoms with Crippen molar-refractivity contribution in [3.8, 4) is 11.5 Å². The van der Waals surface area contributed by atoms with Crippen LogP contribution in [-0.4, -0.2) is 29.7 Å². The summed E-state index contributed by atoms with van der Waals surface area (Å²) in [5.41, 5.74) is 4.53. The largest absolute Gasteiger partial charge is 0.507 e. The van der Waals surface area contributed by atoms with Gasteiger partial charge in [-0.2, -0.15) is 0 Å². The number of ether oxygens (including phenoxy) is 1. The first-order valence-corrected chi connectivity index (χ1v) is 8.22. The van der Waals surface area contributed by atoms with E-state index in [1.54, 1.807) is 19.2 Å². The number of methoxy groups -OCH3 is 1. The van der Waals surface area contributed by atoms with Gasteiger partial charge in [0, 0.05) is 23.6 Å². The van der Waals surface area contributed by atoms with Crippen LogP contribution in [0.1, 0.15) is 27.0 Å². The SMILES string of the molecule is COc1cc(C)c2[nH]cc(CCNC(=O)c3ccc(C)cc3O)c2c1. The molecule has 1 aromatic heterocycles. The predicted octanol–water partition coefficient (Wildman–Crippen LogP) is 3.47. The Morgan fingerprint density at radius 1 is 1.24 bits per heavy atom. The number of aromatic amines is 1. The van der Waals surface area contributed by atoms with Crippen LogP contribution in [0, 0.1) is 13.8 Å². The molecule has 0 spiro atoms. The van der Waals surface area contributed by atoms with E-state index in [9.17, 15) is 9.90 Å². The van der Waals surface area contributed by atoms with Crippen molar-refractivity contribution in [2.75, 3.05) is 13.7 Å². The van der Waals surface area contributed by atoms with Gasteiger partial charge in [0.25, 0.3) is 5.91 Å². The number of aromatic nitrogens is 1. The molecule has 3 aromatic rings. The summed E-state index contributed by atoms with van der Waals surface area (Å²) in [7, 11) is 1.65. The van der Waals surface area contributed by atoms with Crippen LogP contribution in [0.2, 0.25) is 0 Å². The molecule has 1 heterocycles. The number of benzene rings is 2. The Balaban J connectivity index is 1.71. The molecular weight excluding hydrogens is 316 g/mol. The second-order valence-electron chi connectivity index (χ2n) is 6.21. The van der Waals surface area contributed by atoms with Gasteiger partial charge in [0.15, 0.2) is 0 Å². The maximum Gasteiger partial charge on any atom is 0.255 e. The van der Waals surface area contributed by atoms with Gasteiger partial charge in [0.1, 0.15) is 11.5 Å². The van der Waals surface area contributed by atoms with E-state index in [4.69, 9.17) is 4.74 Å². The molecule has 0 fully saturated rings. The highest BCUT2D eigenvalue weighted by Gasteiger charge is 2.12. The Morgan fingerprint density at radius 3 is 2.76 bits per heavy atom. The van der Waals surface area contributed by atoms with Crippen molar-refractivity contribution in [3.05, 3.63) is 58.8 Å². The molecule has 0 radical (unpaired) electrons. The Bertz CT molecular complexity index is 928. The number of H-pyrrole nitrogens is 1. The number of rotatable bonds is 5. The van der Waals surface area contributed by atoms with Crippen LogP contribution in [0.3, 0.4) is 0 Å².